The molecule has 0 N–H and O–H groups in total. The zero-order valence-corrected chi connectivity index (χ0v) is 15.1. The van der Waals surface area contributed by atoms with Gasteiger partial charge in [0.2, 0.25) is 0 Å². The highest BCUT2D eigenvalue weighted by atomic mass is 35.5. The Morgan fingerprint density at radius 1 is 1.00 bits per heavy atom. The van der Waals surface area contributed by atoms with E-state index in [9.17, 15) is 4.79 Å². The predicted octanol–water partition coefficient (Wildman–Crippen LogP) is 4.64. The van der Waals surface area contributed by atoms with Crippen LogP contribution in [0.25, 0.3) is 11.1 Å². The molecule has 0 saturated carbocycles. The summed E-state index contributed by atoms with van der Waals surface area (Å²) in [6, 6.07) is 16.5. The first-order valence-corrected chi connectivity index (χ1v) is 8.89. The number of allylic oxidation sites excluding steroid dienone is 2. The summed E-state index contributed by atoms with van der Waals surface area (Å²) in [5, 5.41) is 0.601. The molecule has 0 spiro atoms. The molecule has 3 heterocycles. The Morgan fingerprint density at radius 3 is 2.56 bits per heavy atom. The normalized spacial score (nSPS) is 16.5. The van der Waals surface area contributed by atoms with E-state index in [1.165, 1.54) is 0 Å². The zero-order chi connectivity index (χ0) is 18.6. The Hall–Kier alpha value is -3.24. The predicted molar refractivity (Wildman–Crippen MR) is 108 cm³/mol. The van der Waals surface area contributed by atoms with Crippen LogP contribution in [0.5, 0.6) is 0 Å². The van der Waals surface area contributed by atoms with Gasteiger partial charge < -0.3 is 9.69 Å². The summed E-state index contributed by atoms with van der Waals surface area (Å²) in [5.74, 6) is 0. The molecule has 27 heavy (non-hydrogen) atoms. The lowest BCUT2D eigenvalue weighted by molar-refractivity contribution is -0.107. The van der Waals surface area contributed by atoms with Gasteiger partial charge in [0.1, 0.15) is 12.3 Å². The van der Waals surface area contributed by atoms with E-state index in [2.05, 4.69) is 9.97 Å². The zero-order valence-electron chi connectivity index (χ0n) is 14.4. The summed E-state index contributed by atoms with van der Waals surface area (Å²) in [6.07, 6.45) is 10.0. The van der Waals surface area contributed by atoms with Crippen molar-refractivity contribution in [3.05, 3.63) is 102 Å². The third-order valence-corrected chi connectivity index (χ3v) is 4.76. The second kappa shape index (κ2) is 7.56. The lowest BCUT2D eigenvalue weighted by Gasteiger charge is -2.33. The Balaban J connectivity index is 1.91. The number of carbonyl (C=O) groups excluding carboxylic acids is 1. The van der Waals surface area contributed by atoms with E-state index < -0.39 is 6.04 Å². The standard InChI is InChI=1S/C22H16ClN3O/c23-20-8-2-1-7-18(20)19-12-16(21-9-3-4-11-25-21)14-26(22(19)15-27)17-6-5-10-24-13-17/h1-15,22H. The molecule has 2 aromatic heterocycles. The molecular formula is C22H16ClN3O. The fourth-order valence-corrected chi connectivity index (χ4v) is 3.40. The van der Waals surface area contributed by atoms with Crippen LogP contribution in [-0.4, -0.2) is 22.3 Å². The van der Waals surface area contributed by atoms with Crippen LogP contribution < -0.4 is 4.90 Å². The second-order valence-electron chi connectivity index (χ2n) is 6.08. The van der Waals surface area contributed by atoms with Gasteiger partial charge in [-0.1, -0.05) is 35.9 Å². The number of pyridine rings is 2. The van der Waals surface area contributed by atoms with Crippen LogP contribution in [0.15, 0.2) is 85.5 Å². The van der Waals surface area contributed by atoms with Crippen LogP contribution in [-0.2, 0) is 4.79 Å². The average molecular weight is 374 g/mol. The number of nitrogens with zero attached hydrogens (tertiary/aromatic N) is 3. The van der Waals surface area contributed by atoms with Crippen molar-refractivity contribution < 1.29 is 4.79 Å². The van der Waals surface area contributed by atoms with E-state index in [4.69, 9.17) is 11.6 Å². The highest BCUT2D eigenvalue weighted by molar-refractivity contribution is 6.32. The fourth-order valence-electron chi connectivity index (χ4n) is 3.16. The summed E-state index contributed by atoms with van der Waals surface area (Å²) in [7, 11) is 0. The highest BCUT2D eigenvalue weighted by Crippen LogP contribution is 2.36. The van der Waals surface area contributed by atoms with E-state index in [0.717, 1.165) is 34.4 Å². The Morgan fingerprint density at radius 2 is 1.85 bits per heavy atom. The summed E-state index contributed by atoms with van der Waals surface area (Å²) < 4.78 is 0. The largest absolute Gasteiger partial charge is 0.332 e. The van der Waals surface area contributed by atoms with E-state index in [0.29, 0.717) is 5.02 Å². The van der Waals surface area contributed by atoms with Gasteiger partial charge in [-0.25, -0.2) is 0 Å². The molecule has 1 aromatic carbocycles. The van der Waals surface area contributed by atoms with Gasteiger partial charge >= 0.3 is 0 Å². The summed E-state index contributed by atoms with van der Waals surface area (Å²) in [6.45, 7) is 0. The number of aldehydes is 1. The fraction of sp³-hybridized carbons (Fsp3) is 0.0455. The minimum Gasteiger partial charge on any atom is -0.332 e. The molecule has 0 fully saturated rings. The van der Waals surface area contributed by atoms with E-state index in [1.807, 2.05) is 71.8 Å². The molecule has 0 saturated heterocycles. The van der Waals surface area contributed by atoms with Crippen molar-refractivity contribution in [1.29, 1.82) is 0 Å². The van der Waals surface area contributed by atoms with Gasteiger partial charge in [0.15, 0.2) is 0 Å². The first-order valence-electron chi connectivity index (χ1n) is 8.51. The van der Waals surface area contributed by atoms with Crippen molar-refractivity contribution >= 4 is 34.7 Å². The first-order chi connectivity index (χ1) is 13.3. The maximum Gasteiger partial charge on any atom is 0.147 e. The van der Waals surface area contributed by atoms with Crippen LogP contribution in [0.3, 0.4) is 0 Å². The molecule has 0 bridgehead atoms. The van der Waals surface area contributed by atoms with Crippen molar-refractivity contribution in [3.63, 3.8) is 0 Å². The average Bonchev–Trinajstić information content (AvgIpc) is 2.74. The van der Waals surface area contributed by atoms with Crippen LogP contribution in [0.2, 0.25) is 5.02 Å². The molecule has 132 valence electrons. The van der Waals surface area contributed by atoms with Crippen LogP contribution in [0.4, 0.5) is 5.69 Å². The Kier molecular flexibility index (Phi) is 4.81. The summed E-state index contributed by atoms with van der Waals surface area (Å²) in [4.78, 5) is 22.6. The third-order valence-electron chi connectivity index (χ3n) is 4.43. The number of hydrogen-bond donors (Lipinski definition) is 0. The molecule has 4 nitrogen and oxygen atoms in total. The van der Waals surface area contributed by atoms with Gasteiger partial charge in [0.25, 0.3) is 0 Å². The van der Waals surface area contributed by atoms with Crippen LogP contribution in [0.1, 0.15) is 11.3 Å². The molecule has 1 aliphatic rings. The molecule has 1 atom stereocenters. The minimum absolute atomic E-state index is 0.512. The number of anilines is 1. The third kappa shape index (κ3) is 3.39. The van der Waals surface area contributed by atoms with Crippen molar-refractivity contribution in [2.45, 2.75) is 6.04 Å². The molecular weight excluding hydrogens is 358 g/mol. The van der Waals surface area contributed by atoms with Gasteiger partial charge in [-0.05, 0) is 47.5 Å². The SMILES string of the molecule is O=CC1C(c2ccccc2Cl)=CC(c2ccccn2)=CN1c1cccnc1. The van der Waals surface area contributed by atoms with Crippen molar-refractivity contribution in [3.8, 4) is 0 Å². The quantitative estimate of drug-likeness (QED) is 0.625. The number of halogens is 1. The highest BCUT2D eigenvalue weighted by Gasteiger charge is 2.28. The maximum atomic E-state index is 12.1. The second-order valence-corrected chi connectivity index (χ2v) is 6.49. The van der Waals surface area contributed by atoms with Gasteiger partial charge in [-0.2, -0.15) is 0 Å². The smallest absolute Gasteiger partial charge is 0.147 e. The van der Waals surface area contributed by atoms with E-state index >= 15 is 0 Å². The monoisotopic (exact) mass is 373 g/mol. The van der Waals surface area contributed by atoms with Gasteiger partial charge in [0.05, 0.1) is 17.6 Å². The number of rotatable bonds is 4. The van der Waals surface area contributed by atoms with Gasteiger partial charge in [-0.3, -0.25) is 9.97 Å². The molecule has 1 unspecified atom stereocenters. The lowest BCUT2D eigenvalue weighted by atomic mass is 9.92. The Labute approximate surface area is 162 Å². The molecule has 3 aromatic rings. The van der Waals surface area contributed by atoms with Crippen molar-refractivity contribution in [2.24, 2.45) is 0 Å². The number of hydrogen-bond acceptors (Lipinski definition) is 4. The van der Waals surface area contributed by atoms with Crippen LogP contribution >= 0.6 is 11.6 Å². The summed E-state index contributed by atoms with van der Waals surface area (Å²) in [5.41, 5.74) is 4.18. The molecule has 0 amide bonds. The van der Waals surface area contributed by atoms with E-state index in [-0.39, 0.29) is 0 Å². The molecule has 5 heteroatoms. The Bertz CT molecular complexity index is 1020. The van der Waals surface area contributed by atoms with Gasteiger partial charge in [0, 0.05) is 29.2 Å². The number of benzene rings is 1. The topological polar surface area (TPSA) is 46.1 Å². The number of carbonyl (C=O) groups is 1. The van der Waals surface area contributed by atoms with Gasteiger partial charge in [-0.15, -0.1) is 0 Å². The summed E-state index contributed by atoms with van der Waals surface area (Å²) >= 11 is 6.44. The molecule has 1 aliphatic heterocycles. The molecule has 4 rings (SSSR count). The van der Waals surface area contributed by atoms with E-state index in [1.54, 1.807) is 18.6 Å². The minimum atomic E-state index is -0.512. The van der Waals surface area contributed by atoms with Crippen molar-refractivity contribution in [1.82, 2.24) is 9.97 Å². The maximum absolute atomic E-state index is 12.1. The lowest BCUT2D eigenvalue weighted by Crippen LogP contribution is -2.35. The number of aromatic nitrogens is 2. The molecule has 0 radical (unpaired) electrons. The first kappa shape index (κ1) is 17.2. The van der Waals surface area contributed by atoms with Crippen LogP contribution in [0, 0.1) is 0 Å². The van der Waals surface area contributed by atoms with Crippen molar-refractivity contribution in [2.75, 3.05) is 4.90 Å². The molecule has 0 aliphatic carbocycles.